The van der Waals surface area contributed by atoms with Gasteiger partial charge in [-0.15, -0.1) is 0 Å². The zero-order valence-corrected chi connectivity index (χ0v) is 13.0. The first-order valence-electron chi connectivity index (χ1n) is 7.13. The van der Waals surface area contributed by atoms with Crippen LogP contribution in [0.3, 0.4) is 0 Å². The Morgan fingerprint density at radius 3 is 2.71 bits per heavy atom. The highest BCUT2D eigenvalue weighted by Gasteiger charge is 2.06. The minimum Gasteiger partial charge on any atom is -0.381 e. The first-order chi connectivity index (χ1) is 9.99. The number of benzene rings is 1. The summed E-state index contributed by atoms with van der Waals surface area (Å²) in [5, 5.41) is 10.6. The maximum absolute atomic E-state index is 11.5. The van der Waals surface area contributed by atoms with Crippen molar-refractivity contribution in [3.05, 3.63) is 41.2 Å². The second-order valence-corrected chi connectivity index (χ2v) is 5.20. The lowest BCUT2D eigenvalue weighted by molar-refractivity contribution is -0.115. The van der Waals surface area contributed by atoms with Crippen LogP contribution in [-0.4, -0.2) is 15.7 Å². The first kappa shape index (κ1) is 15.1. The van der Waals surface area contributed by atoms with Gasteiger partial charge in [0.05, 0.1) is 5.69 Å². The number of amides is 1. The van der Waals surface area contributed by atoms with Gasteiger partial charge in [0.25, 0.3) is 0 Å². The van der Waals surface area contributed by atoms with Crippen LogP contribution >= 0.6 is 0 Å². The van der Waals surface area contributed by atoms with Crippen LogP contribution in [0.15, 0.2) is 24.4 Å². The summed E-state index contributed by atoms with van der Waals surface area (Å²) in [5.41, 5.74) is 5.18. The molecule has 2 aromatic rings. The van der Waals surface area contributed by atoms with E-state index in [0.717, 1.165) is 22.6 Å². The Balaban J connectivity index is 2.10. The highest BCUT2D eigenvalue weighted by molar-refractivity contribution is 5.91. The van der Waals surface area contributed by atoms with Gasteiger partial charge in [0.1, 0.15) is 0 Å². The molecule has 112 valence electrons. The summed E-state index contributed by atoms with van der Waals surface area (Å²) in [6, 6.07) is 5.89. The van der Waals surface area contributed by atoms with Gasteiger partial charge in [0, 0.05) is 43.1 Å². The zero-order valence-electron chi connectivity index (χ0n) is 13.0. The number of nitrogens with one attached hydrogen (secondary N) is 2. The van der Waals surface area contributed by atoms with E-state index in [1.54, 1.807) is 0 Å². The SMILES string of the molecule is CCC(=O)Nc1ccc(C)c(NCc2cn(C)nc2C)c1. The number of nitrogens with zero attached hydrogens (tertiary/aromatic N) is 2. The fourth-order valence-corrected chi connectivity index (χ4v) is 2.15. The molecule has 2 N–H and O–H groups in total. The molecule has 0 saturated heterocycles. The van der Waals surface area contributed by atoms with Gasteiger partial charge in [0.15, 0.2) is 0 Å². The van der Waals surface area contributed by atoms with Gasteiger partial charge in [-0.3, -0.25) is 9.48 Å². The monoisotopic (exact) mass is 286 g/mol. The summed E-state index contributed by atoms with van der Waals surface area (Å²) in [6.45, 7) is 6.60. The molecule has 2 rings (SSSR count). The van der Waals surface area contributed by atoms with Crippen LogP contribution < -0.4 is 10.6 Å². The highest BCUT2D eigenvalue weighted by Crippen LogP contribution is 2.21. The summed E-state index contributed by atoms with van der Waals surface area (Å²) in [6.07, 6.45) is 2.49. The van der Waals surface area contributed by atoms with Gasteiger partial charge in [-0.1, -0.05) is 13.0 Å². The number of hydrogen-bond acceptors (Lipinski definition) is 3. The van der Waals surface area contributed by atoms with Gasteiger partial charge >= 0.3 is 0 Å². The van der Waals surface area contributed by atoms with Crippen LogP contribution in [0.5, 0.6) is 0 Å². The van der Waals surface area contributed by atoms with E-state index in [-0.39, 0.29) is 5.91 Å². The van der Waals surface area contributed by atoms with E-state index in [4.69, 9.17) is 0 Å². The highest BCUT2D eigenvalue weighted by atomic mass is 16.1. The third kappa shape index (κ3) is 3.84. The molecular weight excluding hydrogens is 264 g/mol. The molecule has 0 aliphatic carbocycles. The number of aryl methyl sites for hydroxylation is 3. The van der Waals surface area contributed by atoms with Crippen LogP contribution in [0.1, 0.15) is 30.2 Å². The molecule has 0 saturated carbocycles. The molecule has 0 bridgehead atoms. The lowest BCUT2D eigenvalue weighted by Crippen LogP contribution is -2.10. The minimum atomic E-state index is 0.0212. The number of rotatable bonds is 5. The van der Waals surface area contributed by atoms with E-state index >= 15 is 0 Å². The molecule has 0 aliphatic rings. The molecule has 1 amide bonds. The average molecular weight is 286 g/mol. The summed E-state index contributed by atoms with van der Waals surface area (Å²) >= 11 is 0. The first-order valence-corrected chi connectivity index (χ1v) is 7.13. The van der Waals surface area contributed by atoms with Crippen molar-refractivity contribution in [1.82, 2.24) is 9.78 Å². The predicted octanol–water partition coefficient (Wildman–Crippen LogP) is 3.00. The van der Waals surface area contributed by atoms with Gasteiger partial charge in [0.2, 0.25) is 5.91 Å². The number of carbonyl (C=O) groups is 1. The smallest absolute Gasteiger partial charge is 0.224 e. The summed E-state index contributed by atoms with van der Waals surface area (Å²) < 4.78 is 1.82. The van der Waals surface area contributed by atoms with Crippen molar-refractivity contribution in [3.8, 4) is 0 Å². The molecule has 21 heavy (non-hydrogen) atoms. The normalized spacial score (nSPS) is 10.5. The molecule has 5 nitrogen and oxygen atoms in total. The molecule has 1 aromatic carbocycles. The second-order valence-electron chi connectivity index (χ2n) is 5.20. The van der Waals surface area contributed by atoms with Crippen LogP contribution in [-0.2, 0) is 18.4 Å². The fourth-order valence-electron chi connectivity index (χ4n) is 2.15. The van der Waals surface area contributed by atoms with Gasteiger partial charge in [-0.25, -0.2) is 0 Å². The Bertz CT molecular complexity index is 646. The third-order valence-corrected chi connectivity index (χ3v) is 3.43. The Kier molecular flexibility index (Phi) is 4.62. The van der Waals surface area contributed by atoms with E-state index in [1.165, 1.54) is 5.56 Å². The van der Waals surface area contributed by atoms with E-state index < -0.39 is 0 Å². The van der Waals surface area contributed by atoms with Crippen molar-refractivity contribution in [1.29, 1.82) is 0 Å². The van der Waals surface area contributed by atoms with E-state index in [1.807, 2.05) is 56.9 Å². The quantitative estimate of drug-likeness (QED) is 0.888. The molecule has 0 atom stereocenters. The molecule has 1 aromatic heterocycles. The van der Waals surface area contributed by atoms with Gasteiger partial charge < -0.3 is 10.6 Å². The summed E-state index contributed by atoms with van der Waals surface area (Å²) in [5.74, 6) is 0.0212. The Hall–Kier alpha value is -2.30. The average Bonchev–Trinajstić information content (AvgIpc) is 2.77. The van der Waals surface area contributed by atoms with Crippen molar-refractivity contribution >= 4 is 17.3 Å². The largest absolute Gasteiger partial charge is 0.381 e. The molecule has 0 unspecified atom stereocenters. The van der Waals surface area contributed by atoms with E-state index in [2.05, 4.69) is 15.7 Å². The summed E-state index contributed by atoms with van der Waals surface area (Å²) in [4.78, 5) is 11.5. The van der Waals surface area contributed by atoms with E-state index in [9.17, 15) is 4.79 Å². The van der Waals surface area contributed by atoms with E-state index in [0.29, 0.717) is 13.0 Å². The van der Waals surface area contributed by atoms with Crippen LogP contribution in [0.4, 0.5) is 11.4 Å². The van der Waals surface area contributed by atoms with Crippen molar-refractivity contribution in [2.24, 2.45) is 7.05 Å². The maximum Gasteiger partial charge on any atom is 0.224 e. The fraction of sp³-hybridized carbons (Fsp3) is 0.375. The molecule has 1 heterocycles. The van der Waals surface area contributed by atoms with Gasteiger partial charge in [-0.2, -0.15) is 5.10 Å². The zero-order chi connectivity index (χ0) is 15.4. The number of carbonyl (C=O) groups excluding carboxylic acids is 1. The van der Waals surface area contributed by atoms with Crippen molar-refractivity contribution < 1.29 is 4.79 Å². The Labute approximate surface area is 125 Å². The topological polar surface area (TPSA) is 59.0 Å². The second kappa shape index (κ2) is 6.43. The molecule has 0 aliphatic heterocycles. The Morgan fingerprint density at radius 1 is 1.33 bits per heavy atom. The predicted molar refractivity (Wildman–Crippen MR) is 85.4 cm³/mol. The Morgan fingerprint density at radius 2 is 2.10 bits per heavy atom. The van der Waals surface area contributed by atoms with Crippen molar-refractivity contribution in [2.45, 2.75) is 33.7 Å². The van der Waals surface area contributed by atoms with Crippen LogP contribution in [0.25, 0.3) is 0 Å². The van der Waals surface area contributed by atoms with Crippen molar-refractivity contribution in [3.63, 3.8) is 0 Å². The molecule has 0 spiro atoms. The lowest BCUT2D eigenvalue weighted by Gasteiger charge is -2.12. The standard InChI is InChI=1S/C16H22N4O/c1-5-16(21)18-14-7-6-11(2)15(8-14)17-9-13-10-20(4)19-12(13)3/h6-8,10,17H,5,9H2,1-4H3,(H,18,21). The number of anilines is 2. The number of aromatic nitrogens is 2. The number of hydrogen-bond donors (Lipinski definition) is 2. The van der Waals surface area contributed by atoms with Crippen LogP contribution in [0.2, 0.25) is 0 Å². The minimum absolute atomic E-state index is 0.0212. The maximum atomic E-state index is 11.5. The summed E-state index contributed by atoms with van der Waals surface area (Å²) in [7, 11) is 1.92. The molecule has 0 radical (unpaired) electrons. The van der Waals surface area contributed by atoms with Crippen molar-refractivity contribution in [2.75, 3.05) is 10.6 Å². The molecule has 0 fully saturated rings. The van der Waals surface area contributed by atoms with Gasteiger partial charge in [-0.05, 0) is 31.5 Å². The van der Waals surface area contributed by atoms with Crippen LogP contribution in [0, 0.1) is 13.8 Å². The lowest BCUT2D eigenvalue weighted by atomic mass is 10.1. The molecule has 5 heteroatoms. The molecular formula is C16H22N4O. The third-order valence-electron chi connectivity index (χ3n) is 3.43.